The number of nitrogens with zero attached hydrogens (tertiary/aromatic N) is 2. The molecule has 0 spiro atoms. The van der Waals surface area contributed by atoms with E-state index in [1.54, 1.807) is 0 Å². The van der Waals surface area contributed by atoms with Gasteiger partial charge < -0.3 is 5.32 Å². The van der Waals surface area contributed by atoms with Gasteiger partial charge in [-0.05, 0) is 12.1 Å². The van der Waals surface area contributed by atoms with Crippen LogP contribution < -0.4 is 5.32 Å². The van der Waals surface area contributed by atoms with Crippen molar-refractivity contribution in [3.63, 3.8) is 0 Å². The number of sulfone groups is 1. The van der Waals surface area contributed by atoms with Crippen molar-refractivity contribution in [3.8, 4) is 0 Å². The van der Waals surface area contributed by atoms with E-state index in [-0.39, 0.29) is 22.3 Å². The molecule has 1 aliphatic heterocycles. The summed E-state index contributed by atoms with van der Waals surface area (Å²) in [4.78, 5) is 3.72. The van der Waals surface area contributed by atoms with Crippen LogP contribution in [0.4, 0.5) is 0 Å². The van der Waals surface area contributed by atoms with Gasteiger partial charge in [0.05, 0.1) is 0 Å². The summed E-state index contributed by atoms with van der Waals surface area (Å²) in [6.45, 7) is 2.01. The summed E-state index contributed by atoms with van der Waals surface area (Å²) in [6.07, 6.45) is 2.12. The minimum atomic E-state index is -3.59. The van der Waals surface area contributed by atoms with Crippen molar-refractivity contribution in [2.24, 2.45) is 0 Å². The number of piperazine rings is 1. The molecule has 2 heterocycles. The molecule has 0 unspecified atom stereocenters. The molecule has 1 aromatic rings. The Morgan fingerprint density at radius 2 is 1.75 bits per heavy atom. The normalized spacial score (nSPS) is 17.4. The summed E-state index contributed by atoms with van der Waals surface area (Å²) >= 11 is 0. The van der Waals surface area contributed by atoms with Gasteiger partial charge in [0, 0.05) is 38.6 Å². The van der Waals surface area contributed by atoms with E-state index in [0.29, 0.717) is 26.2 Å². The molecule has 0 saturated carbocycles. The zero-order chi connectivity index (χ0) is 14.1. The number of sulfonamides is 1. The molecule has 1 saturated heterocycles. The van der Waals surface area contributed by atoms with Gasteiger partial charge in [-0.1, -0.05) is 0 Å². The van der Waals surface area contributed by atoms with Crippen LogP contribution in [0.3, 0.4) is 0 Å². The Labute approximate surface area is 124 Å². The van der Waals surface area contributed by atoms with Gasteiger partial charge in [0.1, 0.15) is 4.90 Å². The Bertz CT molecular complexity index is 652. The molecule has 1 N–H and O–H groups in total. The van der Waals surface area contributed by atoms with Crippen LogP contribution in [0.15, 0.2) is 28.3 Å². The second kappa shape index (κ2) is 6.35. The van der Waals surface area contributed by atoms with Crippen molar-refractivity contribution in [2.45, 2.75) is 9.92 Å². The third-order valence-corrected chi connectivity index (χ3v) is 5.69. The van der Waals surface area contributed by atoms with Crippen LogP contribution >= 0.6 is 12.4 Å². The van der Waals surface area contributed by atoms with Crippen molar-refractivity contribution < 1.29 is 16.8 Å². The number of pyridine rings is 1. The number of nitrogens with one attached hydrogen (secondary N) is 1. The van der Waals surface area contributed by atoms with Gasteiger partial charge in [-0.25, -0.2) is 21.8 Å². The van der Waals surface area contributed by atoms with Gasteiger partial charge in [0.25, 0.3) is 0 Å². The molecule has 20 heavy (non-hydrogen) atoms. The van der Waals surface area contributed by atoms with Crippen LogP contribution in [0.2, 0.25) is 0 Å². The first-order valence-electron chi connectivity index (χ1n) is 5.69. The highest BCUT2D eigenvalue weighted by molar-refractivity contribution is 7.90. The number of halogens is 1. The largest absolute Gasteiger partial charge is 0.314 e. The standard InChI is InChI=1S/C10H15N3O4S2.ClH/c1-18(14,15)10-3-2-9(8-12-10)19(16,17)13-6-4-11-5-7-13;/h2-3,8,11H,4-7H2,1H3;1H. The molecule has 0 amide bonds. The predicted molar refractivity (Wildman–Crippen MR) is 76.2 cm³/mol. The van der Waals surface area contributed by atoms with Gasteiger partial charge in [0.15, 0.2) is 14.9 Å². The maximum absolute atomic E-state index is 12.3. The van der Waals surface area contributed by atoms with E-state index in [9.17, 15) is 16.8 Å². The molecule has 0 bridgehead atoms. The minimum absolute atomic E-state index is 0. The third-order valence-electron chi connectivity index (χ3n) is 2.80. The fourth-order valence-electron chi connectivity index (χ4n) is 1.77. The summed E-state index contributed by atoms with van der Waals surface area (Å²) < 4.78 is 48.4. The van der Waals surface area contributed by atoms with Crippen LogP contribution in [0, 0.1) is 0 Å². The lowest BCUT2D eigenvalue weighted by molar-refractivity contribution is 0.360. The van der Waals surface area contributed by atoms with Crippen molar-refractivity contribution in [1.29, 1.82) is 0 Å². The Kier molecular flexibility index (Phi) is 5.50. The monoisotopic (exact) mass is 341 g/mol. The fourth-order valence-corrected chi connectivity index (χ4v) is 3.72. The molecule has 7 nitrogen and oxygen atoms in total. The predicted octanol–water partition coefficient (Wildman–Crippen LogP) is -0.499. The van der Waals surface area contributed by atoms with E-state index in [4.69, 9.17) is 0 Å². The second-order valence-corrected chi connectivity index (χ2v) is 8.16. The Hall–Kier alpha value is -0.740. The summed E-state index contributed by atoms with van der Waals surface area (Å²) in [5.74, 6) is 0. The Balaban J connectivity index is 0.00000200. The molecule has 0 atom stereocenters. The van der Waals surface area contributed by atoms with Crippen molar-refractivity contribution in [1.82, 2.24) is 14.6 Å². The van der Waals surface area contributed by atoms with Crippen LogP contribution in [0.5, 0.6) is 0 Å². The molecular weight excluding hydrogens is 326 g/mol. The number of hydrogen-bond acceptors (Lipinski definition) is 6. The average Bonchev–Trinajstić information content (AvgIpc) is 2.39. The summed E-state index contributed by atoms with van der Waals surface area (Å²) in [6, 6.07) is 2.49. The Morgan fingerprint density at radius 1 is 1.15 bits per heavy atom. The molecule has 0 aliphatic carbocycles. The summed E-state index contributed by atoms with van der Waals surface area (Å²) in [5, 5.41) is 2.93. The van der Waals surface area contributed by atoms with E-state index in [1.807, 2.05) is 0 Å². The SMILES string of the molecule is CS(=O)(=O)c1ccc(S(=O)(=O)N2CCNCC2)cn1.Cl. The molecule has 1 aromatic heterocycles. The highest BCUT2D eigenvalue weighted by Crippen LogP contribution is 2.16. The van der Waals surface area contributed by atoms with Gasteiger partial charge in [-0.2, -0.15) is 4.31 Å². The van der Waals surface area contributed by atoms with Crippen LogP contribution in [-0.4, -0.2) is 58.6 Å². The maximum Gasteiger partial charge on any atom is 0.244 e. The smallest absolute Gasteiger partial charge is 0.244 e. The molecular formula is C10H16ClN3O4S2. The third kappa shape index (κ3) is 3.67. The molecule has 1 fully saturated rings. The van der Waals surface area contributed by atoms with Crippen molar-refractivity contribution >= 4 is 32.3 Å². The van der Waals surface area contributed by atoms with Gasteiger partial charge in [0.2, 0.25) is 10.0 Å². The zero-order valence-corrected chi connectivity index (χ0v) is 13.3. The van der Waals surface area contributed by atoms with Gasteiger partial charge in [-0.15, -0.1) is 12.4 Å². The van der Waals surface area contributed by atoms with Gasteiger partial charge >= 0.3 is 0 Å². The Morgan fingerprint density at radius 3 is 2.20 bits per heavy atom. The lowest BCUT2D eigenvalue weighted by atomic mass is 10.4. The summed E-state index contributed by atoms with van der Waals surface area (Å²) in [7, 11) is -7.01. The lowest BCUT2D eigenvalue weighted by Gasteiger charge is -2.26. The van der Waals surface area contributed by atoms with E-state index in [2.05, 4.69) is 10.3 Å². The zero-order valence-electron chi connectivity index (χ0n) is 10.8. The van der Waals surface area contributed by atoms with Gasteiger partial charge in [-0.3, -0.25) is 0 Å². The first-order valence-corrected chi connectivity index (χ1v) is 9.02. The molecule has 0 radical (unpaired) electrons. The molecule has 114 valence electrons. The molecule has 0 aromatic carbocycles. The first-order chi connectivity index (χ1) is 8.82. The van der Waals surface area contributed by atoms with Crippen LogP contribution in [0.1, 0.15) is 0 Å². The van der Waals surface area contributed by atoms with E-state index in [1.165, 1.54) is 16.4 Å². The van der Waals surface area contributed by atoms with Crippen molar-refractivity contribution in [2.75, 3.05) is 32.4 Å². The minimum Gasteiger partial charge on any atom is -0.314 e. The average molecular weight is 342 g/mol. The number of aromatic nitrogens is 1. The number of rotatable bonds is 3. The van der Waals surface area contributed by atoms with Crippen LogP contribution in [-0.2, 0) is 19.9 Å². The summed E-state index contributed by atoms with van der Waals surface area (Å²) in [5.41, 5.74) is 0. The topological polar surface area (TPSA) is 96.4 Å². The first kappa shape index (κ1) is 17.3. The fraction of sp³-hybridized carbons (Fsp3) is 0.500. The molecule has 2 rings (SSSR count). The van der Waals surface area contributed by atoms with E-state index < -0.39 is 19.9 Å². The quantitative estimate of drug-likeness (QED) is 0.796. The molecule has 10 heteroatoms. The number of hydrogen-bond donors (Lipinski definition) is 1. The maximum atomic E-state index is 12.3. The highest BCUT2D eigenvalue weighted by Gasteiger charge is 2.26. The molecule has 1 aliphatic rings. The van der Waals surface area contributed by atoms with E-state index in [0.717, 1.165) is 12.5 Å². The second-order valence-electron chi connectivity index (χ2n) is 4.26. The van der Waals surface area contributed by atoms with Crippen molar-refractivity contribution in [3.05, 3.63) is 18.3 Å². The van der Waals surface area contributed by atoms with Crippen LogP contribution in [0.25, 0.3) is 0 Å². The lowest BCUT2D eigenvalue weighted by Crippen LogP contribution is -2.46. The van der Waals surface area contributed by atoms with E-state index >= 15 is 0 Å². The highest BCUT2D eigenvalue weighted by atomic mass is 35.5.